The van der Waals surface area contributed by atoms with E-state index in [-0.39, 0.29) is 79.9 Å². The predicted molar refractivity (Wildman–Crippen MR) is 542 cm³/mol. The number of fused-ring (bicyclic) bond motifs is 4. The fraction of sp³-hybridized carbons (Fsp3) is 0.275. The number of aromatic amines is 3. The lowest BCUT2D eigenvalue weighted by atomic mass is 9.97. The number of aliphatic hydroxyl groups is 1. The van der Waals surface area contributed by atoms with E-state index in [0.29, 0.717) is 138 Å². The van der Waals surface area contributed by atoms with E-state index in [1.807, 2.05) is 139 Å². The number of aryl methyl sites for hydroxylation is 1. The van der Waals surface area contributed by atoms with Crippen LogP contribution in [0.2, 0.25) is 0 Å². The number of anilines is 3. The molecule has 7 N–H and O–H groups in total. The van der Waals surface area contributed by atoms with Crippen LogP contribution < -0.4 is 20.7 Å². The van der Waals surface area contributed by atoms with Crippen molar-refractivity contribution in [2.75, 3.05) is 149 Å². The summed E-state index contributed by atoms with van der Waals surface area (Å²) in [7, 11) is 4.62. The molecule has 6 aliphatic rings. The number of carbonyl (C=O) groups is 6. The number of likely N-dealkylation sites (tertiary alicyclic amines) is 3. The number of aromatic nitrogens is 12. The summed E-state index contributed by atoms with van der Waals surface area (Å²) in [5.41, 5.74) is 17.9. The Morgan fingerprint density at radius 2 is 0.776 bits per heavy atom. The van der Waals surface area contributed by atoms with Crippen molar-refractivity contribution in [1.29, 1.82) is 0 Å². The highest BCUT2D eigenvalue weighted by molar-refractivity contribution is 6.05. The molecule has 0 radical (unpaired) electrons. The summed E-state index contributed by atoms with van der Waals surface area (Å²) >= 11 is 0. The highest BCUT2D eigenvalue weighted by Gasteiger charge is 2.49. The third kappa shape index (κ3) is 21.6. The van der Waals surface area contributed by atoms with Crippen LogP contribution in [0, 0.1) is 18.6 Å². The molecule has 21 rings (SSSR count). The molecule has 12 heterocycles. The Bertz CT molecular complexity index is 7290. The van der Waals surface area contributed by atoms with E-state index in [1.165, 1.54) is 55.2 Å². The molecule has 9 aromatic carbocycles. The Hall–Kier alpha value is -15.7. The summed E-state index contributed by atoms with van der Waals surface area (Å²) in [5.74, 6) is 0.0271. The molecule has 6 aromatic heterocycles. The number of hydrogen-bond acceptors (Lipinski definition) is 23. The first kappa shape index (κ1) is 96.2. The maximum atomic E-state index is 13.7. The van der Waals surface area contributed by atoms with Gasteiger partial charge in [-0.15, -0.1) is 0 Å². The molecule has 6 amide bonds. The SMILES string of the molecule is CO[C@@]1(C(=O)Nc2ccc3[nH]nc(-c4ccc(F)cc4)c3c2)CCN(CC(=O)N2CC=C(c3ccc(-c4ccc(C)nn4)cc3)CC2)C1.CO[C@@]1(C(=O)Nc2ccc3[nH]nc(-c4ccc(F)cc4)c3c2)CCN(CC(=O)N2CC=C(c3ccc4nccnc4c3)CC2)C1.CO[C@@]1(C(=O)Nc2ccc3[nH]nc(-c4ccc(OCCO)cc4)c3c2)CCN(CC(=O)N2CC=C(c3ccc(-c4ncccn4)cc3)CC2)C1. The molecule has 15 aromatic rings. The minimum atomic E-state index is -1.09. The predicted octanol–water partition coefficient (Wildman–Crippen LogP) is 14.5. The standard InChI is InChI=1S/C38H39N7O5.C37H36FN7O3.C34H32FN7O3/c1-49-38(37(48)41-30-9-12-33-32(23-30)35(43-42-33)28-7-10-31(11-8-28)50-22-21-46)15-20-44(25-38)24-34(47)45-18-13-27(14-19-45)26-3-5-29(6-4-26)36-39-16-2-17-40-36;1-24-3-13-32(41-40-24)27-6-4-25(5-7-27)26-15-18-45(19-16-26)34(46)22-44-20-17-37(23-44,48-2)36(47)39-30-12-14-33-31(21-30)35(43-42-33)28-8-10-29(38)11-9-28;1-45-34(33(44)38-26-7-9-28-27(19-26)32(40-39-28)23-2-5-25(35)6-3-23)12-17-41(21-34)20-31(43)42-15-10-22(11-16-42)24-4-8-29-30(18-24)37-14-13-36-29/h2-13,16-17,23,46H,14-15,18-22,24-25H2,1H3,(H,41,48)(H,42,43);3-15,21H,16-20,22-23H2,1-2H3,(H,39,47)(H,42,43);2-10,13-14,18-19H,11-12,15-17,20-21H2,1H3,(H,38,44)(H,39,40)/t38-;37-;34-/m000/s1. The number of nitrogens with one attached hydrogen (secondary N) is 6. The van der Waals surface area contributed by atoms with Crippen molar-refractivity contribution in [3.05, 3.63) is 289 Å². The van der Waals surface area contributed by atoms with Gasteiger partial charge in [0, 0.05) is 186 Å². The molecule has 32 nitrogen and oxygen atoms in total. The number of amides is 6. The maximum Gasteiger partial charge on any atom is 0.258 e. The summed E-state index contributed by atoms with van der Waals surface area (Å²) in [6.45, 7) is 8.90. The number of rotatable bonds is 26. The van der Waals surface area contributed by atoms with E-state index in [1.54, 1.807) is 74.4 Å². The van der Waals surface area contributed by atoms with Crippen molar-refractivity contribution < 1.29 is 61.6 Å². The number of aliphatic hydroxyl groups excluding tert-OH is 1. The van der Waals surface area contributed by atoms with E-state index in [4.69, 9.17) is 24.1 Å². The smallest absolute Gasteiger partial charge is 0.258 e. The van der Waals surface area contributed by atoms with Gasteiger partial charge in [-0.1, -0.05) is 72.8 Å². The zero-order valence-electron chi connectivity index (χ0n) is 79.5. The molecular weight excluding hydrogens is 1820 g/mol. The largest absolute Gasteiger partial charge is 0.491 e. The summed E-state index contributed by atoms with van der Waals surface area (Å²) in [6, 6.07) is 64.6. The molecule has 0 saturated carbocycles. The van der Waals surface area contributed by atoms with Gasteiger partial charge in [0.25, 0.3) is 17.7 Å². The summed E-state index contributed by atoms with van der Waals surface area (Å²) in [5, 5.41) is 51.3. The van der Waals surface area contributed by atoms with Crippen LogP contribution in [0.5, 0.6) is 5.75 Å². The van der Waals surface area contributed by atoms with Gasteiger partial charge in [0.1, 0.15) is 24.0 Å². The molecule has 3 atom stereocenters. The number of hydrogen-bond donors (Lipinski definition) is 7. The third-order valence-corrected chi connectivity index (χ3v) is 27.6. The first-order chi connectivity index (χ1) is 69.6. The second-order valence-corrected chi connectivity index (χ2v) is 36.5. The first-order valence-electron chi connectivity index (χ1n) is 47.6. The second-order valence-electron chi connectivity index (χ2n) is 36.5. The fourth-order valence-corrected chi connectivity index (χ4v) is 19.3. The molecular formula is C109H107F2N21O11. The number of benzene rings is 9. The van der Waals surface area contributed by atoms with Crippen molar-refractivity contribution in [1.82, 2.24) is 90.1 Å². The van der Waals surface area contributed by atoms with Crippen LogP contribution in [-0.4, -0.2) is 280 Å². The Balaban J connectivity index is 0.000000136. The highest BCUT2D eigenvalue weighted by atomic mass is 19.1. The lowest BCUT2D eigenvalue weighted by molar-refractivity contribution is -0.138. The Labute approximate surface area is 822 Å². The Morgan fingerprint density at radius 3 is 1.16 bits per heavy atom. The van der Waals surface area contributed by atoms with Gasteiger partial charge in [0.15, 0.2) is 22.6 Å². The molecule has 3 fully saturated rings. The monoisotopic (exact) mass is 1920 g/mol. The molecule has 0 aliphatic carbocycles. The van der Waals surface area contributed by atoms with E-state index in [9.17, 15) is 37.5 Å². The molecule has 0 bridgehead atoms. The molecule has 0 unspecified atom stereocenters. The third-order valence-electron chi connectivity index (χ3n) is 27.6. The van der Waals surface area contributed by atoms with Gasteiger partial charge < -0.3 is 54.7 Å². The van der Waals surface area contributed by atoms with Gasteiger partial charge in [0.2, 0.25) is 17.7 Å². The first-order valence-corrected chi connectivity index (χ1v) is 47.6. The van der Waals surface area contributed by atoms with Crippen molar-refractivity contribution >= 4 is 113 Å². The van der Waals surface area contributed by atoms with Crippen LogP contribution in [0.1, 0.15) is 60.9 Å². The number of nitrogens with zero attached hydrogens (tertiary/aromatic N) is 15. The van der Waals surface area contributed by atoms with Gasteiger partial charge in [-0.05, 0) is 237 Å². The van der Waals surface area contributed by atoms with Gasteiger partial charge >= 0.3 is 0 Å². The van der Waals surface area contributed by atoms with Crippen LogP contribution in [0.25, 0.3) is 117 Å². The Morgan fingerprint density at radius 1 is 0.399 bits per heavy atom. The van der Waals surface area contributed by atoms with E-state index in [2.05, 4.69) is 137 Å². The molecule has 3 saturated heterocycles. The maximum absolute atomic E-state index is 13.7. The zero-order chi connectivity index (χ0) is 98.7. The van der Waals surface area contributed by atoms with Crippen LogP contribution in [0.3, 0.4) is 0 Å². The van der Waals surface area contributed by atoms with Gasteiger partial charge in [-0.3, -0.25) is 68.7 Å². The van der Waals surface area contributed by atoms with E-state index >= 15 is 0 Å². The number of methoxy groups -OCH3 is 3. The Kier molecular flexibility index (Phi) is 28.8. The van der Waals surface area contributed by atoms with E-state index in [0.717, 1.165) is 125 Å². The number of ether oxygens (including phenoxy) is 4. The van der Waals surface area contributed by atoms with E-state index < -0.39 is 16.8 Å². The van der Waals surface area contributed by atoms with Crippen LogP contribution in [0.15, 0.2) is 255 Å². The lowest BCUT2D eigenvalue weighted by Crippen LogP contribution is -2.48. The quantitative estimate of drug-likeness (QED) is 0.0265. The van der Waals surface area contributed by atoms with Crippen LogP contribution in [0.4, 0.5) is 25.8 Å². The van der Waals surface area contributed by atoms with Gasteiger partial charge in [-0.25, -0.2) is 18.7 Å². The summed E-state index contributed by atoms with van der Waals surface area (Å²) in [4.78, 5) is 110. The average molecular weight is 1930 g/mol. The molecule has 143 heavy (non-hydrogen) atoms. The van der Waals surface area contributed by atoms with Crippen LogP contribution >= 0.6 is 0 Å². The second kappa shape index (κ2) is 42.8. The topological polar surface area (TPSA) is 378 Å². The molecule has 728 valence electrons. The summed E-state index contributed by atoms with van der Waals surface area (Å²) in [6.07, 6.45) is 16.9. The number of carbonyl (C=O) groups excluding carboxylic acids is 6. The molecule has 0 spiro atoms. The van der Waals surface area contributed by atoms with Gasteiger partial charge in [0.05, 0.1) is 82.3 Å². The number of halogens is 2. The minimum Gasteiger partial charge on any atom is -0.491 e. The van der Waals surface area contributed by atoms with Crippen molar-refractivity contribution in [2.24, 2.45) is 0 Å². The molecule has 6 aliphatic heterocycles. The lowest BCUT2D eigenvalue weighted by Gasteiger charge is -2.30. The zero-order valence-corrected chi connectivity index (χ0v) is 79.5. The molecule has 34 heteroatoms. The van der Waals surface area contributed by atoms with Crippen molar-refractivity contribution in [3.63, 3.8) is 0 Å². The van der Waals surface area contributed by atoms with Gasteiger partial charge in [-0.2, -0.15) is 25.5 Å². The van der Waals surface area contributed by atoms with Crippen LogP contribution in [-0.2, 0) is 43.0 Å². The minimum absolute atomic E-state index is 0.0284. The highest BCUT2D eigenvalue weighted by Crippen LogP contribution is 2.39. The van der Waals surface area contributed by atoms with Crippen molar-refractivity contribution in [3.8, 4) is 62.2 Å². The summed E-state index contributed by atoms with van der Waals surface area (Å²) < 4.78 is 49.9. The average Bonchev–Trinajstić information content (AvgIpc) is 1.67. The normalized spacial score (nSPS) is 18.3. The number of H-pyrrole nitrogens is 3. The fourth-order valence-electron chi connectivity index (χ4n) is 19.3. The van der Waals surface area contributed by atoms with Crippen molar-refractivity contribution in [2.45, 2.75) is 62.3 Å².